The highest BCUT2D eigenvalue weighted by Gasteiger charge is 2.42. The third-order valence-corrected chi connectivity index (χ3v) is 19.2. The molecule has 2 aromatic rings. The van der Waals surface area contributed by atoms with Crippen molar-refractivity contribution in [1.29, 1.82) is 0 Å². The Hall–Kier alpha value is -0.660. The van der Waals surface area contributed by atoms with Gasteiger partial charge in [0, 0.05) is 11.8 Å². The van der Waals surface area contributed by atoms with Crippen LogP contribution in [0.25, 0.3) is 0 Å². The molecule has 1 aliphatic heterocycles. The van der Waals surface area contributed by atoms with Gasteiger partial charge in [-0.2, -0.15) is 0 Å². The van der Waals surface area contributed by atoms with Gasteiger partial charge in [-0.15, -0.1) is 0 Å². The average Bonchev–Trinajstić information content (AvgIpc) is 2.53. The molecule has 22 heavy (non-hydrogen) atoms. The first-order valence-corrected chi connectivity index (χ1v) is 13.3. The lowest BCUT2D eigenvalue weighted by Gasteiger charge is -2.43. The second-order valence-electron chi connectivity index (χ2n) is 5.46. The molecule has 0 amide bonds. The van der Waals surface area contributed by atoms with E-state index < -0.39 is 12.1 Å². The van der Waals surface area contributed by atoms with Gasteiger partial charge in [0.15, 0.2) is 0 Å². The lowest BCUT2D eigenvalue weighted by molar-refractivity contribution is 0.415. The number of methoxy groups -OCH3 is 2. The standard InChI is InChI=1S/C16H18O2P2S2/c1-17-13-3-7-15(8-4-13)19(21)11-20(22,12-19)16-9-5-14(18-2)6-10-16/h3-10H,11-12H2,1-2H3. The quantitative estimate of drug-likeness (QED) is 0.768. The molecule has 2 nitrogen and oxygen atoms in total. The third kappa shape index (κ3) is 2.90. The highest BCUT2D eigenvalue weighted by atomic mass is 32.5. The van der Waals surface area contributed by atoms with E-state index in [2.05, 4.69) is 24.3 Å². The Balaban J connectivity index is 1.81. The second kappa shape index (κ2) is 6.09. The summed E-state index contributed by atoms with van der Waals surface area (Å²) in [5, 5.41) is 2.58. The summed E-state index contributed by atoms with van der Waals surface area (Å²) in [6, 6.07) is 13.5. The summed E-state index contributed by atoms with van der Waals surface area (Å²) in [5.41, 5.74) is 0. The summed E-state index contributed by atoms with van der Waals surface area (Å²) < 4.78 is 10.4. The first-order chi connectivity index (χ1) is 10.5. The zero-order valence-corrected chi connectivity index (χ0v) is 16.0. The molecule has 1 heterocycles. The van der Waals surface area contributed by atoms with Crippen molar-refractivity contribution in [2.24, 2.45) is 0 Å². The Kier molecular flexibility index (Phi) is 4.49. The van der Waals surface area contributed by atoms with Crippen LogP contribution in [0.5, 0.6) is 11.5 Å². The maximum absolute atomic E-state index is 5.98. The first-order valence-electron chi connectivity index (χ1n) is 6.94. The molecular formula is C16H18O2P2S2. The lowest BCUT2D eigenvalue weighted by Crippen LogP contribution is -2.25. The van der Waals surface area contributed by atoms with Crippen molar-refractivity contribution in [2.45, 2.75) is 0 Å². The molecule has 0 saturated carbocycles. The Morgan fingerprint density at radius 3 is 1.27 bits per heavy atom. The summed E-state index contributed by atoms with van der Waals surface area (Å²) in [6.07, 6.45) is 0. The van der Waals surface area contributed by atoms with Gasteiger partial charge in [0.25, 0.3) is 0 Å². The van der Waals surface area contributed by atoms with Crippen LogP contribution >= 0.6 is 12.1 Å². The second-order valence-corrected chi connectivity index (χ2v) is 16.5. The Morgan fingerprint density at radius 2 is 1.00 bits per heavy atom. The summed E-state index contributed by atoms with van der Waals surface area (Å²) >= 11 is 12.0. The molecule has 6 heteroatoms. The molecule has 1 fully saturated rings. The summed E-state index contributed by atoms with van der Waals surface area (Å²) in [4.78, 5) is 0. The molecule has 1 saturated heterocycles. The fourth-order valence-corrected chi connectivity index (χ4v) is 21.4. The summed E-state index contributed by atoms with van der Waals surface area (Å²) in [5.74, 6) is 3.79. The van der Waals surface area contributed by atoms with Crippen LogP contribution in [0.2, 0.25) is 0 Å². The minimum atomic E-state index is -1.49. The molecule has 1 aliphatic rings. The van der Waals surface area contributed by atoms with Gasteiger partial charge < -0.3 is 9.47 Å². The minimum absolute atomic E-state index is 0.875. The van der Waals surface area contributed by atoms with Crippen LogP contribution in [0.4, 0.5) is 0 Å². The largest absolute Gasteiger partial charge is 0.497 e. The summed E-state index contributed by atoms with van der Waals surface area (Å²) in [6.45, 7) is 0. The van der Waals surface area contributed by atoms with E-state index in [1.807, 2.05) is 24.3 Å². The Bertz CT molecular complexity index is 690. The van der Waals surface area contributed by atoms with Crippen molar-refractivity contribution >= 4 is 46.3 Å². The number of ether oxygens (including phenoxy) is 2. The van der Waals surface area contributed by atoms with E-state index in [1.54, 1.807) is 14.2 Å². The Labute approximate surface area is 141 Å². The molecule has 116 valence electrons. The highest BCUT2D eigenvalue weighted by molar-refractivity contribution is 8.38. The van der Waals surface area contributed by atoms with E-state index >= 15 is 0 Å². The van der Waals surface area contributed by atoms with Gasteiger partial charge in [-0.25, -0.2) is 0 Å². The topological polar surface area (TPSA) is 18.5 Å². The van der Waals surface area contributed by atoms with Gasteiger partial charge in [0.05, 0.1) is 14.2 Å². The first kappa shape index (κ1) is 16.2. The van der Waals surface area contributed by atoms with Crippen LogP contribution in [-0.2, 0) is 23.6 Å². The zero-order chi connectivity index (χ0) is 15.8. The fraction of sp³-hybridized carbons (Fsp3) is 0.250. The van der Waals surface area contributed by atoms with Gasteiger partial charge in [-0.3, -0.25) is 0 Å². The van der Waals surface area contributed by atoms with Crippen LogP contribution in [0.1, 0.15) is 0 Å². The molecule has 2 aromatic carbocycles. The van der Waals surface area contributed by atoms with Gasteiger partial charge in [-0.1, -0.05) is 47.9 Å². The normalized spacial score (nSPS) is 27.0. The minimum Gasteiger partial charge on any atom is -0.497 e. The average molecular weight is 368 g/mol. The number of benzene rings is 2. The summed E-state index contributed by atoms with van der Waals surface area (Å²) in [7, 11) is 3.36. The molecule has 0 atom stereocenters. The van der Waals surface area contributed by atoms with Crippen molar-refractivity contribution in [3.8, 4) is 11.5 Å². The number of hydrogen-bond donors (Lipinski definition) is 0. The van der Waals surface area contributed by atoms with Crippen molar-refractivity contribution in [1.82, 2.24) is 0 Å². The van der Waals surface area contributed by atoms with Gasteiger partial charge in [0.2, 0.25) is 0 Å². The SMILES string of the molecule is COc1ccc(P2(=S)CP(=S)(c3ccc(OC)cc3)C2)cc1. The predicted molar refractivity (Wildman–Crippen MR) is 104 cm³/mol. The van der Waals surface area contributed by atoms with Crippen LogP contribution in [-0.4, -0.2) is 26.0 Å². The van der Waals surface area contributed by atoms with Crippen molar-refractivity contribution in [2.75, 3.05) is 26.0 Å². The van der Waals surface area contributed by atoms with Crippen LogP contribution in [0.15, 0.2) is 48.5 Å². The molecule has 0 bridgehead atoms. The zero-order valence-electron chi connectivity index (χ0n) is 12.6. The predicted octanol–water partition coefficient (Wildman–Crippen LogP) is 3.54. The maximum Gasteiger partial charge on any atom is 0.118 e. The van der Waals surface area contributed by atoms with E-state index in [9.17, 15) is 0 Å². The van der Waals surface area contributed by atoms with Gasteiger partial charge in [0.1, 0.15) is 11.5 Å². The molecule has 0 N–H and O–H groups in total. The number of hydrogen-bond acceptors (Lipinski definition) is 4. The molecule has 0 aliphatic carbocycles. The van der Waals surface area contributed by atoms with Gasteiger partial charge >= 0.3 is 0 Å². The van der Waals surface area contributed by atoms with E-state index in [-0.39, 0.29) is 0 Å². The van der Waals surface area contributed by atoms with E-state index in [0.717, 1.165) is 23.3 Å². The molecule has 0 aromatic heterocycles. The molecule has 0 unspecified atom stereocenters. The molecule has 0 spiro atoms. The molecule has 3 rings (SSSR count). The van der Waals surface area contributed by atoms with Gasteiger partial charge in [-0.05, 0) is 47.0 Å². The van der Waals surface area contributed by atoms with Crippen molar-refractivity contribution < 1.29 is 9.47 Å². The third-order valence-electron chi connectivity index (χ3n) is 4.00. The fourth-order valence-electron chi connectivity index (χ4n) is 2.73. The lowest BCUT2D eigenvalue weighted by atomic mass is 10.3. The number of rotatable bonds is 4. The van der Waals surface area contributed by atoms with Crippen molar-refractivity contribution in [3.05, 3.63) is 48.5 Å². The van der Waals surface area contributed by atoms with E-state index in [0.29, 0.717) is 0 Å². The van der Waals surface area contributed by atoms with Crippen LogP contribution < -0.4 is 20.1 Å². The Morgan fingerprint density at radius 1 is 0.682 bits per heavy atom. The highest BCUT2D eigenvalue weighted by Crippen LogP contribution is 2.77. The van der Waals surface area contributed by atoms with E-state index in [4.69, 9.17) is 33.1 Å². The molecular weight excluding hydrogens is 350 g/mol. The maximum atomic E-state index is 5.98. The van der Waals surface area contributed by atoms with Crippen molar-refractivity contribution in [3.63, 3.8) is 0 Å². The van der Waals surface area contributed by atoms with E-state index in [1.165, 1.54) is 10.6 Å². The monoisotopic (exact) mass is 368 g/mol. The van der Waals surface area contributed by atoms with Crippen LogP contribution in [0.3, 0.4) is 0 Å². The smallest absolute Gasteiger partial charge is 0.118 e. The molecule has 0 radical (unpaired) electrons. The van der Waals surface area contributed by atoms with Crippen LogP contribution in [0, 0.1) is 0 Å².